The van der Waals surface area contributed by atoms with Crippen molar-refractivity contribution in [3.63, 3.8) is 0 Å². The van der Waals surface area contributed by atoms with Gasteiger partial charge in [-0.15, -0.1) is 0 Å². The van der Waals surface area contributed by atoms with Gasteiger partial charge in [0.1, 0.15) is 0 Å². The molecule has 5 heteroatoms. The number of nitrogens with zero attached hydrogens (tertiary/aromatic N) is 1. The van der Waals surface area contributed by atoms with Crippen LogP contribution in [0.2, 0.25) is 0 Å². The van der Waals surface area contributed by atoms with E-state index in [1.165, 1.54) is 4.90 Å². The molecule has 0 N–H and O–H groups in total. The molecule has 0 radical (unpaired) electrons. The molecule has 1 saturated carbocycles. The van der Waals surface area contributed by atoms with Crippen LogP contribution in [0.1, 0.15) is 43.7 Å². The van der Waals surface area contributed by atoms with Crippen molar-refractivity contribution < 1.29 is 13.2 Å². The van der Waals surface area contributed by atoms with Crippen LogP contribution in [0, 0.1) is 13.8 Å². The molecule has 1 aromatic carbocycles. The largest absolute Gasteiger partial charge is 0.345 e. The Labute approximate surface area is 133 Å². The van der Waals surface area contributed by atoms with E-state index in [0.717, 1.165) is 18.4 Å². The molecule has 0 saturated heterocycles. The van der Waals surface area contributed by atoms with Gasteiger partial charge in [0.2, 0.25) is 5.91 Å². The third-order valence-electron chi connectivity index (χ3n) is 4.77. The Hall–Kier alpha value is -1.36. The average molecular weight is 323 g/mol. The van der Waals surface area contributed by atoms with Gasteiger partial charge in [0.15, 0.2) is 14.6 Å². The van der Waals surface area contributed by atoms with Crippen LogP contribution >= 0.6 is 0 Å². The molecule has 0 bridgehead atoms. The summed E-state index contributed by atoms with van der Waals surface area (Å²) in [6, 6.07) is 5.42. The molecule has 122 valence electrons. The van der Waals surface area contributed by atoms with Crippen LogP contribution in [-0.4, -0.2) is 37.6 Å². The zero-order valence-electron chi connectivity index (χ0n) is 13.8. The Morgan fingerprint density at radius 3 is 2.36 bits per heavy atom. The van der Waals surface area contributed by atoms with Gasteiger partial charge in [-0.05, 0) is 50.8 Å². The molecule has 0 unspecified atom stereocenters. The fraction of sp³-hybridized carbons (Fsp3) is 0.588. The molecule has 1 aromatic rings. The standard InChI is InChI=1S/C17H25NO3S/c1-5-18(4)16(19)17(10-6-7-11-17)22(20,21)15-12-13(2)8-9-14(15)3/h8-9,12H,5-7,10-11H2,1-4H3. The van der Waals surface area contributed by atoms with Crippen molar-refractivity contribution in [1.82, 2.24) is 4.90 Å². The third-order valence-corrected chi connectivity index (χ3v) is 7.40. The number of sulfone groups is 1. The van der Waals surface area contributed by atoms with Crippen molar-refractivity contribution in [3.8, 4) is 0 Å². The molecule has 0 heterocycles. The maximum absolute atomic E-state index is 13.3. The summed E-state index contributed by atoms with van der Waals surface area (Å²) in [7, 11) is -2.02. The van der Waals surface area contributed by atoms with Gasteiger partial charge in [-0.3, -0.25) is 4.79 Å². The second-order valence-corrected chi connectivity index (χ2v) is 8.52. The predicted octanol–water partition coefficient (Wildman–Crippen LogP) is 2.87. The molecule has 0 aromatic heterocycles. The second kappa shape index (κ2) is 6.03. The van der Waals surface area contributed by atoms with Gasteiger partial charge in [0.05, 0.1) is 4.90 Å². The molecular formula is C17H25NO3S. The van der Waals surface area contributed by atoms with Gasteiger partial charge < -0.3 is 4.90 Å². The summed E-state index contributed by atoms with van der Waals surface area (Å²) in [5.74, 6) is -0.256. The van der Waals surface area contributed by atoms with Crippen LogP contribution in [-0.2, 0) is 14.6 Å². The Morgan fingerprint density at radius 2 is 1.82 bits per heavy atom. The van der Waals surface area contributed by atoms with Crippen LogP contribution < -0.4 is 0 Å². The molecule has 0 atom stereocenters. The summed E-state index contributed by atoms with van der Waals surface area (Å²) in [5, 5.41) is 0. The summed E-state index contributed by atoms with van der Waals surface area (Å²) >= 11 is 0. The highest BCUT2D eigenvalue weighted by Gasteiger charge is 2.54. The Balaban J connectivity index is 2.61. The monoisotopic (exact) mass is 323 g/mol. The first-order chi connectivity index (χ1) is 10.3. The molecule has 2 rings (SSSR count). The predicted molar refractivity (Wildman–Crippen MR) is 87.6 cm³/mol. The third kappa shape index (κ3) is 2.56. The lowest BCUT2D eigenvalue weighted by Gasteiger charge is -2.32. The summed E-state index contributed by atoms with van der Waals surface area (Å²) in [6.45, 7) is 6.05. The highest BCUT2D eigenvalue weighted by atomic mass is 32.2. The summed E-state index contributed by atoms with van der Waals surface area (Å²) in [6.07, 6.45) is 2.42. The molecule has 0 spiro atoms. The van der Waals surface area contributed by atoms with Crippen LogP contribution in [0.15, 0.2) is 23.1 Å². The van der Waals surface area contributed by atoms with Crippen molar-refractivity contribution in [2.24, 2.45) is 0 Å². The number of benzene rings is 1. The van der Waals surface area contributed by atoms with Crippen molar-refractivity contribution in [2.45, 2.75) is 56.1 Å². The minimum Gasteiger partial charge on any atom is -0.345 e. The molecular weight excluding hydrogens is 298 g/mol. The van der Waals surface area contributed by atoms with Crippen molar-refractivity contribution in [2.75, 3.05) is 13.6 Å². The summed E-state index contributed by atoms with van der Waals surface area (Å²) in [5.41, 5.74) is 1.61. The van der Waals surface area contributed by atoms with Gasteiger partial charge in [-0.2, -0.15) is 0 Å². The Kier molecular flexibility index (Phi) is 4.66. The number of rotatable bonds is 4. The minimum atomic E-state index is -3.70. The number of hydrogen-bond acceptors (Lipinski definition) is 3. The lowest BCUT2D eigenvalue weighted by atomic mass is 10.1. The van der Waals surface area contributed by atoms with E-state index in [2.05, 4.69) is 0 Å². The van der Waals surface area contributed by atoms with E-state index in [4.69, 9.17) is 0 Å². The lowest BCUT2D eigenvalue weighted by molar-refractivity contribution is -0.132. The number of carbonyl (C=O) groups is 1. The van der Waals surface area contributed by atoms with E-state index >= 15 is 0 Å². The van der Waals surface area contributed by atoms with Gasteiger partial charge in [-0.25, -0.2) is 8.42 Å². The number of hydrogen-bond donors (Lipinski definition) is 0. The van der Waals surface area contributed by atoms with Crippen molar-refractivity contribution >= 4 is 15.7 Å². The number of carbonyl (C=O) groups excluding carboxylic acids is 1. The Morgan fingerprint density at radius 1 is 1.23 bits per heavy atom. The Bertz CT molecular complexity index is 673. The van der Waals surface area contributed by atoms with E-state index in [9.17, 15) is 13.2 Å². The minimum absolute atomic E-state index is 0.256. The summed E-state index contributed by atoms with van der Waals surface area (Å²) < 4.78 is 25.4. The average Bonchev–Trinajstić information content (AvgIpc) is 2.99. The molecule has 22 heavy (non-hydrogen) atoms. The molecule has 4 nitrogen and oxygen atoms in total. The van der Waals surface area contributed by atoms with E-state index in [0.29, 0.717) is 29.8 Å². The van der Waals surface area contributed by atoms with Crippen LogP contribution in [0.4, 0.5) is 0 Å². The fourth-order valence-electron chi connectivity index (χ4n) is 3.24. The highest BCUT2D eigenvalue weighted by Crippen LogP contribution is 2.42. The van der Waals surface area contributed by atoms with E-state index < -0.39 is 14.6 Å². The first-order valence-corrected chi connectivity index (χ1v) is 9.32. The van der Waals surface area contributed by atoms with E-state index in [1.54, 1.807) is 20.0 Å². The van der Waals surface area contributed by atoms with Gasteiger partial charge in [0.25, 0.3) is 0 Å². The van der Waals surface area contributed by atoms with Crippen LogP contribution in [0.5, 0.6) is 0 Å². The van der Waals surface area contributed by atoms with Crippen LogP contribution in [0.25, 0.3) is 0 Å². The van der Waals surface area contributed by atoms with E-state index in [1.807, 2.05) is 26.0 Å². The van der Waals surface area contributed by atoms with Gasteiger partial charge >= 0.3 is 0 Å². The molecule has 0 aliphatic heterocycles. The van der Waals surface area contributed by atoms with Gasteiger partial charge in [0, 0.05) is 13.6 Å². The first-order valence-electron chi connectivity index (χ1n) is 7.84. The number of amides is 1. The first kappa shape index (κ1) is 17.0. The highest BCUT2D eigenvalue weighted by molar-refractivity contribution is 7.93. The maximum atomic E-state index is 13.3. The molecule has 1 amide bonds. The number of aryl methyl sites for hydroxylation is 2. The van der Waals surface area contributed by atoms with Gasteiger partial charge in [-0.1, -0.05) is 25.0 Å². The van der Waals surface area contributed by atoms with Crippen molar-refractivity contribution in [3.05, 3.63) is 29.3 Å². The maximum Gasteiger partial charge on any atom is 0.244 e. The quantitative estimate of drug-likeness (QED) is 0.856. The smallest absolute Gasteiger partial charge is 0.244 e. The lowest BCUT2D eigenvalue weighted by Crippen LogP contribution is -2.51. The fourth-order valence-corrected chi connectivity index (χ4v) is 5.71. The van der Waals surface area contributed by atoms with Crippen LogP contribution in [0.3, 0.4) is 0 Å². The zero-order valence-corrected chi connectivity index (χ0v) is 14.7. The SMILES string of the molecule is CCN(C)C(=O)C1(S(=O)(=O)c2cc(C)ccc2C)CCCC1. The second-order valence-electron chi connectivity index (χ2n) is 6.29. The van der Waals surface area contributed by atoms with E-state index in [-0.39, 0.29) is 5.91 Å². The molecule has 1 fully saturated rings. The zero-order chi connectivity index (χ0) is 16.5. The topological polar surface area (TPSA) is 54.5 Å². The molecule has 1 aliphatic rings. The van der Waals surface area contributed by atoms with Crippen molar-refractivity contribution in [1.29, 1.82) is 0 Å². The normalized spacial score (nSPS) is 17.5. The summed E-state index contributed by atoms with van der Waals surface area (Å²) in [4.78, 5) is 14.7. The molecule has 1 aliphatic carbocycles.